The maximum absolute atomic E-state index is 5.75. The van der Waals surface area contributed by atoms with E-state index in [1.807, 2.05) is 50.2 Å². The normalized spacial score (nSPS) is 11.2. The number of ether oxygens (including phenoxy) is 1. The van der Waals surface area contributed by atoms with E-state index in [0.29, 0.717) is 23.0 Å². The highest BCUT2D eigenvalue weighted by atomic mass is 32.1. The van der Waals surface area contributed by atoms with Crippen molar-refractivity contribution in [1.29, 1.82) is 0 Å². The Morgan fingerprint density at radius 2 is 2.13 bits per heavy atom. The molecule has 0 bridgehead atoms. The molecule has 0 radical (unpaired) electrons. The summed E-state index contributed by atoms with van der Waals surface area (Å²) in [4.78, 5) is 0. The van der Waals surface area contributed by atoms with Gasteiger partial charge in [-0.05, 0) is 49.8 Å². The lowest BCUT2D eigenvalue weighted by Gasteiger charge is -2.06. The van der Waals surface area contributed by atoms with E-state index in [4.69, 9.17) is 21.4 Å². The Kier molecular flexibility index (Phi) is 4.38. The molecule has 0 saturated carbocycles. The summed E-state index contributed by atoms with van der Waals surface area (Å²) in [5.41, 5.74) is 1.09. The summed E-state index contributed by atoms with van der Waals surface area (Å²) in [6.07, 6.45) is 1.59. The molecule has 118 valence electrons. The van der Waals surface area contributed by atoms with Crippen molar-refractivity contribution in [3.63, 3.8) is 0 Å². The van der Waals surface area contributed by atoms with Crippen LogP contribution in [0.15, 0.2) is 45.9 Å². The predicted molar refractivity (Wildman–Crippen MR) is 89.4 cm³/mol. The van der Waals surface area contributed by atoms with Gasteiger partial charge in [-0.2, -0.15) is 14.9 Å². The minimum atomic E-state index is 0.364. The maximum Gasteiger partial charge on any atom is 0.216 e. The second-order valence-electron chi connectivity index (χ2n) is 4.99. The monoisotopic (exact) mass is 328 g/mol. The topological polar surface area (TPSA) is 68.3 Å². The number of hydrogen-bond donors (Lipinski definition) is 1. The number of hydrogen-bond acceptors (Lipinski definition) is 5. The van der Waals surface area contributed by atoms with Crippen molar-refractivity contribution in [1.82, 2.24) is 14.9 Å². The van der Waals surface area contributed by atoms with Crippen molar-refractivity contribution in [2.45, 2.75) is 20.5 Å². The minimum absolute atomic E-state index is 0.364. The zero-order chi connectivity index (χ0) is 16.2. The molecule has 0 atom stereocenters. The van der Waals surface area contributed by atoms with Crippen LogP contribution in [0.25, 0.3) is 0 Å². The van der Waals surface area contributed by atoms with Gasteiger partial charge in [0.25, 0.3) is 0 Å². The summed E-state index contributed by atoms with van der Waals surface area (Å²) in [6, 6.07) is 11.6. The third kappa shape index (κ3) is 3.57. The fourth-order valence-corrected chi connectivity index (χ4v) is 2.25. The minimum Gasteiger partial charge on any atom is -0.485 e. The number of aromatic amines is 1. The van der Waals surface area contributed by atoms with Crippen LogP contribution in [0.1, 0.15) is 22.9 Å². The first-order chi connectivity index (χ1) is 11.1. The smallest absolute Gasteiger partial charge is 0.216 e. The molecule has 0 aliphatic rings. The van der Waals surface area contributed by atoms with Gasteiger partial charge in [0.1, 0.15) is 29.7 Å². The van der Waals surface area contributed by atoms with E-state index >= 15 is 0 Å². The number of aromatic nitrogens is 3. The summed E-state index contributed by atoms with van der Waals surface area (Å²) in [5, 5.41) is 10.9. The second kappa shape index (κ2) is 6.62. The fraction of sp³-hybridized carbons (Fsp3) is 0.188. The van der Waals surface area contributed by atoms with Crippen molar-refractivity contribution in [3.8, 4) is 5.75 Å². The van der Waals surface area contributed by atoms with Gasteiger partial charge in [0.05, 0.1) is 6.21 Å². The van der Waals surface area contributed by atoms with Crippen molar-refractivity contribution in [2.75, 3.05) is 0 Å². The Bertz CT molecular complexity index is 891. The molecular formula is C16H16N4O2S. The molecule has 23 heavy (non-hydrogen) atoms. The molecule has 2 heterocycles. The molecule has 6 nitrogen and oxygen atoms in total. The molecule has 3 aromatic rings. The lowest BCUT2D eigenvalue weighted by Crippen LogP contribution is -1.95. The summed E-state index contributed by atoms with van der Waals surface area (Å²) in [7, 11) is 0. The molecule has 3 rings (SSSR count). The SMILES string of the molecule is Cc1ccccc1OCc1ccc(C=Nn2c(C)n[nH]c2=S)o1. The molecule has 0 amide bonds. The number of aryl methyl sites for hydroxylation is 2. The molecular weight excluding hydrogens is 312 g/mol. The number of nitrogens with zero attached hydrogens (tertiary/aromatic N) is 3. The Hall–Kier alpha value is -2.67. The number of H-pyrrole nitrogens is 1. The molecule has 0 fully saturated rings. The van der Waals surface area contributed by atoms with Crippen molar-refractivity contribution in [2.24, 2.45) is 5.10 Å². The summed E-state index contributed by atoms with van der Waals surface area (Å²) >= 11 is 5.08. The molecule has 2 aromatic heterocycles. The Labute approximate surface area is 138 Å². The highest BCUT2D eigenvalue weighted by Crippen LogP contribution is 2.18. The third-order valence-corrected chi connectivity index (χ3v) is 3.52. The van der Waals surface area contributed by atoms with Crippen molar-refractivity contribution >= 4 is 18.4 Å². The highest BCUT2D eigenvalue weighted by molar-refractivity contribution is 7.71. The van der Waals surface area contributed by atoms with Gasteiger partial charge in [0.15, 0.2) is 0 Å². The van der Waals surface area contributed by atoms with Crippen LogP contribution in [0.4, 0.5) is 0 Å². The summed E-state index contributed by atoms with van der Waals surface area (Å²) in [5.74, 6) is 2.87. The fourth-order valence-electron chi connectivity index (χ4n) is 2.03. The van der Waals surface area contributed by atoms with E-state index in [2.05, 4.69) is 15.3 Å². The van der Waals surface area contributed by atoms with Gasteiger partial charge in [-0.3, -0.25) is 5.10 Å². The van der Waals surface area contributed by atoms with Crippen LogP contribution in [0, 0.1) is 18.6 Å². The lowest BCUT2D eigenvalue weighted by atomic mass is 10.2. The number of rotatable bonds is 5. The highest BCUT2D eigenvalue weighted by Gasteiger charge is 2.04. The van der Waals surface area contributed by atoms with Gasteiger partial charge < -0.3 is 9.15 Å². The molecule has 0 spiro atoms. The number of furan rings is 1. The molecule has 0 saturated heterocycles. The van der Waals surface area contributed by atoms with Crippen LogP contribution in [0.5, 0.6) is 5.75 Å². The Balaban J connectivity index is 1.67. The molecule has 1 aromatic carbocycles. The molecule has 0 aliphatic heterocycles. The Morgan fingerprint density at radius 1 is 1.30 bits per heavy atom. The van der Waals surface area contributed by atoms with Crippen LogP contribution in [-0.2, 0) is 6.61 Å². The van der Waals surface area contributed by atoms with Gasteiger partial charge in [-0.25, -0.2) is 0 Å². The van der Waals surface area contributed by atoms with Crippen LogP contribution < -0.4 is 4.74 Å². The Morgan fingerprint density at radius 3 is 2.87 bits per heavy atom. The van der Waals surface area contributed by atoms with E-state index in [9.17, 15) is 0 Å². The van der Waals surface area contributed by atoms with Crippen LogP contribution >= 0.6 is 12.2 Å². The molecule has 7 heteroatoms. The van der Waals surface area contributed by atoms with Crippen molar-refractivity contribution < 1.29 is 9.15 Å². The summed E-state index contributed by atoms with van der Waals surface area (Å²) < 4.78 is 13.4. The largest absolute Gasteiger partial charge is 0.485 e. The zero-order valence-corrected chi connectivity index (χ0v) is 13.6. The zero-order valence-electron chi connectivity index (χ0n) is 12.8. The predicted octanol–water partition coefficient (Wildman–Crippen LogP) is 3.61. The van der Waals surface area contributed by atoms with Crippen LogP contribution in [0.3, 0.4) is 0 Å². The number of nitrogens with one attached hydrogen (secondary N) is 1. The standard InChI is InChI=1S/C16H16N4O2S/c1-11-5-3-4-6-15(11)21-10-14-8-7-13(22-14)9-17-20-12(2)18-19-16(20)23/h3-9H,10H2,1-2H3,(H,19,23). The average molecular weight is 328 g/mol. The first kappa shape index (κ1) is 15.2. The average Bonchev–Trinajstić information content (AvgIpc) is 3.12. The van der Waals surface area contributed by atoms with E-state index in [-0.39, 0.29) is 0 Å². The van der Waals surface area contributed by atoms with Crippen LogP contribution in [-0.4, -0.2) is 21.1 Å². The number of benzene rings is 1. The van der Waals surface area contributed by atoms with Crippen LogP contribution in [0.2, 0.25) is 0 Å². The van der Waals surface area contributed by atoms with E-state index in [1.165, 1.54) is 4.68 Å². The first-order valence-electron chi connectivity index (χ1n) is 7.09. The van der Waals surface area contributed by atoms with Gasteiger partial charge in [0.2, 0.25) is 4.77 Å². The van der Waals surface area contributed by atoms with Crippen molar-refractivity contribution in [3.05, 3.63) is 64.1 Å². The van der Waals surface area contributed by atoms with E-state index in [0.717, 1.165) is 17.1 Å². The van der Waals surface area contributed by atoms with Gasteiger partial charge in [-0.15, -0.1) is 0 Å². The first-order valence-corrected chi connectivity index (χ1v) is 7.50. The molecule has 0 unspecified atom stereocenters. The van der Waals surface area contributed by atoms with Gasteiger partial charge in [-0.1, -0.05) is 18.2 Å². The van der Waals surface area contributed by atoms with Gasteiger partial charge in [0, 0.05) is 0 Å². The second-order valence-corrected chi connectivity index (χ2v) is 5.38. The summed E-state index contributed by atoms with van der Waals surface area (Å²) in [6.45, 7) is 4.18. The number of para-hydroxylation sites is 1. The quantitative estimate of drug-likeness (QED) is 0.574. The lowest BCUT2D eigenvalue weighted by molar-refractivity contribution is 0.268. The van der Waals surface area contributed by atoms with E-state index in [1.54, 1.807) is 6.21 Å². The third-order valence-electron chi connectivity index (χ3n) is 3.26. The van der Waals surface area contributed by atoms with E-state index < -0.39 is 0 Å². The molecule has 0 aliphatic carbocycles. The van der Waals surface area contributed by atoms with Gasteiger partial charge >= 0.3 is 0 Å². The maximum atomic E-state index is 5.75. The molecule has 1 N–H and O–H groups in total.